The van der Waals surface area contributed by atoms with Crippen molar-refractivity contribution < 1.29 is 14.3 Å². The standard InChI is InChI=1S/C10H11NO3S/c1-6(2)9(12)11-7-4-5-15-8(7)10(13)14-3/h4-5H,1H2,2-3H3,(H,11,12). The molecule has 0 aliphatic rings. The number of rotatable bonds is 3. The SMILES string of the molecule is C=C(C)C(=O)Nc1ccsc1C(=O)OC. The third-order valence-corrected chi connectivity index (χ3v) is 2.57. The van der Waals surface area contributed by atoms with Gasteiger partial charge in [0.15, 0.2) is 0 Å². The topological polar surface area (TPSA) is 55.4 Å². The second-order valence-electron chi connectivity index (χ2n) is 2.89. The summed E-state index contributed by atoms with van der Waals surface area (Å²) in [6, 6.07) is 1.65. The Balaban J connectivity index is 2.87. The van der Waals surface area contributed by atoms with Crippen LogP contribution in [0.5, 0.6) is 0 Å². The predicted molar refractivity (Wildman–Crippen MR) is 59.1 cm³/mol. The van der Waals surface area contributed by atoms with E-state index in [2.05, 4.69) is 16.6 Å². The number of carbonyl (C=O) groups excluding carboxylic acids is 2. The van der Waals surface area contributed by atoms with Crippen LogP contribution in [0.3, 0.4) is 0 Å². The molecule has 1 heterocycles. The molecule has 1 rings (SSSR count). The zero-order valence-corrected chi connectivity index (χ0v) is 9.31. The van der Waals surface area contributed by atoms with Gasteiger partial charge < -0.3 is 10.1 Å². The van der Waals surface area contributed by atoms with E-state index in [-0.39, 0.29) is 5.91 Å². The molecule has 1 amide bonds. The minimum absolute atomic E-state index is 0.307. The van der Waals surface area contributed by atoms with Crippen LogP contribution in [-0.2, 0) is 9.53 Å². The van der Waals surface area contributed by atoms with E-state index in [4.69, 9.17) is 0 Å². The number of amides is 1. The highest BCUT2D eigenvalue weighted by atomic mass is 32.1. The lowest BCUT2D eigenvalue weighted by molar-refractivity contribution is -0.112. The lowest BCUT2D eigenvalue weighted by Crippen LogP contribution is -2.13. The van der Waals surface area contributed by atoms with Crippen LogP contribution in [-0.4, -0.2) is 19.0 Å². The maximum absolute atomic E-state index is 11.3. The van der Waals surface area contributed by atoms with E-state index < -0.39 is 5.97 Å². The first kappa shape index (κ1) is 11.5. The molecule has 1 aromatic rings. The number of nitrogens with one attached hydrogen (secondary N) is 1. The first-order valence-corrected chi connectivity index (χ1v) is 5.07. The van der Waals surface area contributed by atoms with Crippen LogP contribution in [0, 0.1) is 0 Å². The number of methoxy groups -OCH3 is 1. The molecule has 0 bridgehead atoms. The summed E-state index contributed by atoms with van der Waals surface area (Å²) < 4.78 is 4.58. The zero-order valence-electron chi connectivity index (χ0n) is 8.49. The first-order chi connectivity index (χ1) is 7.06. The summed E-state index contributed by atoms with van der Waals surface area (Å²) in [5, 5.41) is 4.28. The number of ether oxygens (including phenoxy) is 1. The molecule has 0 atom stereocenters. The summed E-state index contributed by atoms with van der Waals surface area (Å²) in [5.41, 5.74) is 0.844. The molecule has 0 aromatic carbocycles. The Morgan fingerprint density at radius 3 is 2.73 bits per heavy atom. The molecular formula is C10H11NO3S. The number of carbonyl (C=O) groups is 2. The number of hydrogen-bond donors (Lipinski definition) is 1. The molecule has 0 saturated carbocycles. The Bertz CT molecular complexity index is 409. The molecule has 0 saturated heterocycles. The zero-order chi connectivity index (χ0) is 11.4. The Kier molecular flexibility index (Phi) is 3.62. The second kappa shape index (κ2) is 4.75. The van der Waals surface area contributed by atoms with Crippen molar-refractivity contribution in [3.05, 3.63) is 28.5 Å². The predicted octanol–water partition coefficient (Wildman–Crippen LogP) is 2.05. The highest BCUT2D eigenvalue weighted by Gasteiger charge is 2.15. The summed E-state index contributed by atoms with van der Waals surface area (Å²) in [6.07, 6.45) is 0. The van der Waals surface area contributed by atoms with Crippen molar-refractivity contribution >= 4 is 28.9 Å². The van der Waals surface area contributed by atoms with Crippen molar-refractivity contribution in [2.75, 3.05) is 12.4 Å². The van der Waals surface area contributed by atoms with Gasteiger partial charge in [0.05, 0.1) is 12.8 Å². The monoisotopic (exact) mass is 225 g/mol. The van der Waals surface area contributed by atoms with E-state index in [0.29, 0.717) is 16.1 Å². The Labute approximate surface area is 91.6 Å². The third-order valence-electron chi connectivity index (χ3n) is 1.67. The minimum Gasteiger partial charge on any atom is -0.465 e. The van der Waals surface area contributed by atoms with Crippen molar-refractivity contribution in [3.63, 3.8) is 0 Å². The molecule has 0 aliphatic heterocycles. The van der Waals surface area contributed by atoms with Crippen LogP contribution < -0.4 is 5.32 Å². The van der Waals surface area contributed by atoms with Gasteiger partial charge in [0.1, 0.15) is 4.88 Å². The molecule has 80 valence electrons. The van der Waals surface area contributed by atoms with Crippen LogP contribution in [0.15, 0.2) is 23.6 Å². The lowest BCUT2D eigenvalue weighted by Gasteiger charge is -2.04. The molecule has 15 heavy (non-hydrogen) atoms. The average Bonchev–Trinajstić information content (AvgIpc) is 2.64. The van der Waals surface area contributed by atoms with E-state index in [1.54, 1.807) is 18.4 Å². The van der Waals surface area contributed by atoms with Gasteiger partial charge in [-0.3, -0.25) is 4.79 Å². The van der Waals surface area contributed by atoms with E-state index in [0.717, 1.165) is 0 Å². The van der Waals surface area contributed by atoms with E-state index in [1.165, 1.54) is 18.4 Å². The van der Waals surface area contributed by atoms with Crippen molar-refractivity contribution in [1.29, 1.82) is 0 Å². The van der Waals surface area contributed by atoms with Gasteiger partial charge in [-0.15, -0.1) is 11.3 Å². The van der Waals surface area contributed by atoms with Crippen molar-refractivity contribution in [1.82, 2.24) is 0 Å². The van der Waals surface area contributed by atoms with Gasteiger partial charge in [-0.25, -0.2) is 4.79 Å². The van der Waals surface area contributed by atoms with Crippen LogP contribution in [0.4, 0.5) is 5.69 Å². The van der Waals surface area contributed by atoms with Gasteiger partial charge in [-0.1, -0.05) is 6.58 Å². The minimum atomic E-state index is -0.456. The van der Waals surface area contributed by atoms with Crippen LogP contribution in [0.25, 0.3) is 0 Å². The van der Waals surface area contributed by atoms with Gasteiger partial charge in [0.2, 0.25) is 0 Å². The first-order valence-electron chi connectivity index (χ1n) is 4.19. The fraction of sp³-hybridized carbons (Fsp3) is 0.200. The number of thiophene rings is 1. The fourth-order valence-corrected chi connectivity index (χ4v) is 1.65. The van der Waals surface area contributed by atoms with Gasteiger partial charge in [0.25, 0.3) is 5.91 Å². The van der Waals surface area contributed by atoms with Crippen molar-refractivity contribution in [2.24, 2.45) is 0 Å². The highest BCUT2D eigenvalue weighted by molar-refractivity contribution is 7.12. The van der Waals surface area contributed by atoms with Gasteiger partial charge >= 0.3 is 5.97 Å². The van der Waals surface area contributed by atoms with Gasteiger partial charge in [-0.2, -0.15) is 0 Å². The number of esters is 1. The Morgan fingerprint density at radius 1 is 1.53 bits per heavy atom. The summed E-state index contributed by atoms with van der Waals surface area (Å²) in [7, 11) is 1.30. The molecule has 1 aromatic heterocycles. The second-order valence-corrected chi connectivity index (χ2v) is 3.81. The molecule has 0 unspecified atom stereocenters. The average molecular weight is 225 g/mol. The number of anilines is 1. The van der Waals surface area contributed by atoms with Crippen molar-refractivity contribution in [2.45, 2.75) is 6.92 Å². The Hall–Kier alpha value is -1.62. The summed E-state index contributed by atoms with van der Waals surface area (Å²) in [6.45, 7) is 5.10. The highest BCUT2D eigenvalue weighted by Crippen LogP contribution is 2.23. The maximum Gasteiger partial charge on any atom is 0.350 e. The normalized spacial score (nSPS) is 9.47. The molecule has 0 fully saturated rings. The fourth-order valence-electron chi connectivity index (χ4n) is 0.887. The smallest absolute Gasteiger partial charge is 0.350 e. The van der Waals surface area contributed by atoms with E-state index in [1.807, 2.05) is 0 Å². The van der Waals surface area contributed by atoms with E-state index >= 15 is 0 Å². The quantitative estimate of drug-likeness (QED) is 0.632. The largest absolute Gasteiger partial charge is 0.465 e. The molecule has 4 nitrogen and oxygen atoms in total. The molecular weight excluding hydrogens is 214 g/mol. The molecule has 1 N–H and O–H groups in total. The summed E-state index contributed by atoms with van der Waals surface area (Å²) in [4.78, 5) is 23.0. The van der Waals surface area contributed by atoms with Gasteiger partial charge in [-0.05, 0) is 18.4 Å². The maximum atomic E-state index is 11.3. The molecule has 0 aliphatic carbocycles. The summed E-state index contributed by atoms with van der Waals surface area (Å²) in [5.74, 6) is -0.763. The third kappa shape index (κ3) is 2.66. The van der Waals surface area contributed by atoms with Crippen molar-refractivity contribution in [3.8, 4) is 0 Å². The number of hydrogen-bond acceptors (Lipinski definition) is 4. The molecule has 0 spiro atoms. The van der Waals surface area contributed by atoms with E-state index in [9.17, 15) is 9.59 Å². The molecule has 0 radical (unpaired) electrons. The van der Waals surface area contributed by atoms with Gasteiger partial charge in [0, 0.05) is 5.57 Å². The summed E-state index contributed by atoms with van der Waals surface area (Å²) >= 11 is 1.22. The van der Waals surface area contributed by atoms with Crippen LogP contribution >= 0.6 is 11.3 Å². The lowest BCUT2D eigenvalue weighted by atomic mass is 10.3. The molecule has 5 heteroatoms. The Morgan fingerprint density at radius 2 is 2.20 bits per heavy atom. The van der Waals surface area contributed by atoms with Crippen LogP contribution in [0.2, 0.25) is 0 Å². The van der Waals surface area contributed by atoms with Crippen LogP contribution in [0.1, 0.15) is 16.6 Å².